The summed E-state index contributed by atoms with van der Waals surface area (Å²) in [6.45, 7) is 1.65. The predicted molar refractivity (Wildman–Crippen MR) is 103 cm³/mol. The molecule has 0 radical (unpaired) electrons. The van der Waals surface area contributed by atoms with Crippen LogP contribution in [0.2, 0.25) is 0 Å². The standard InChI is InChI=1S/C20H19FN2O4S/c1-12(19(25)22-11-13-6-8-14(21)9-7-13)27-18(24)10-17-20(26)23-15-4-2-3-5-16(15)28-17/h2-9,12,17H,10-11H2,1H3,(H,22,25)(H,23,26)/t12-,17+/m1/s1. The first-order valence-corrected chi connectivity index (χ1v) is 9.58. The molecule has 0 aromatic heterocycles. The summed E-state index contributed by atoms with van der Waals surface area (Å²) in [7, 11) is 0. The van der Waals surface area contributed by atoms with Gasteiger partial charge in [0, 0.05) is 11.4 Å². The number of rotatable bonds is 6. The van der Waals surface area contributed by atoms with Crippen molar-refractivity contribution in [3.05, 3.63) is 59.9 Å². The van der Waals surface area contributed by atoms with Crippen LogP contribution in [0.3, 0.4) is 0 Å². The Labute approximate surface area is 165 Å². The van der Waals surface area contributed by atoms with Crippen LogP contribution in [0.5, 0.6) is 0 Å². The number of thioether (sulfide) groups is 1. The minimum Gasteiger partial charge on any atom is -0.453 e. The van der Waals surface area contributed by atoms with Crippen molar-refractivity contribution in [2.45, 2.75) is 36.1 Å². The molecule has 28 heavy (non-hydrogen) atoms. The Morgan fingerprint density at radius 1 is 1.21 bits per heavy atom. The number of amides is 2. The van der Waals surface area contributed by atoms with E-state index in [0.717, 1.165) is 16.1 Å². The van der Waals surface area contributed by atoms with E-state index in [2.05, 4.69) is 10.6 Å². The quantitative estimate of drug-likeness (QED) is 0.726. The van der Waals surface area contributed by atoms with E-state index >= 15 is 0 Å². The zero-order chi connectivity index (χ0) is 20.1. The monoisotopic (exact) mass is 402 g/mol. The van der Waals surface area contributed by atoms with Gasteiger partial charge in [-0.3, -0.25) is 14.4 Å². The van der Waals surface area contributed by atoms with Crippen LogP contribution in [-0.4, -0.2) is 29.1 Å². The van der Waals surface area contributed by atoms with Gasteiger partial charge >= 0.3 is 5.97 Å². The van der Waals surface area contributed by atoms with Crippen LogP contribution >= 0.6 is 11.8 Å². The molecule has 0 aliphatic carbocycles. The molecule has 1 aliphatic heterocycles. The van der Waals surface area contributed by atoms with Crippen molar-refractivity contribution in [2.75, 3.05) is 5.32 Å². The molecule has 8 heteroatoms. The number of para-hydroxylation sites is 1. The zero-order valence-electron chi connectivity index (χ0n) is 15.1. The molecule has 0 bridgehead atoms. The van der Waals surface area contributed by atoms with Crippen LogP contribution in [-0.2, 0) is 25.7 Å². The molecule has 6 nitrogen and oxygen atoms in total. The van der Waals surface area contributed by atoms with Crippen LogP contribution in [0.15, 0.2) is 53.4 Å². The van der Waals surface area contributed by atoms with Crippen molar-refractivity contribution in [2.24, 2.45) is 0 Å². The van der Waals surface area contributed by atoms with Crippen molar-refractivity contribution in [3.8, 4) is 0 Å². The summed E-state index contributed by atoms with van der Waals surface area (Å²) >= 11 is 1.29. The number of hydrogen-bond acceptors (Lipinski definition) is 5. The molecule has 0 unspecified atom stereocenters. The van der Waals surface area contributed by atoms with Gasteiger partial charge in [-0.1, -0.05) is 24.3 Å². The van der Waals surface area contributed by atoms with Gasteiger partial charge in [0.15, 0.2) is 6.10 Å². The van der Waals surface area contributed by atoms with Gasteiger partial charge in [0.1, 0.15) is 5.82 Å². The summed E-state index contributed by atoms with van der Waals surface area (Å²) in [5.74, 6) is -1.72. The highest BCUT2D eigenvalue weighted by atomic mass is 32.2. The molecule has 0 spiro atoms. The van der Waals surface area contributed by atoms with Crippen molar-refractivity contribution in [3.63, 3.8) is 0 Å². The van der Waals surface area contributed by atoms with Gasteiger partial charge in [-0.05, 0) is 36.8 Å². The normalized spacial score (nSPS) is 16.5. The maximum Gasteiger partial charge on any atom is 0.308 e. The Balaban J connectivity index is 1.48. The number of anilines is 1. The molecule has 1 heterocycles. The molecule has 2 atom stereocenters. The Morgan fingerprint density at radius 2 is 1.93 bits per heavy atom. The van der Waals surface area contributed by atoms with Gasteiger partial charge in [-0.2, -0.15) is 0 Å². The van der Waals surface area contributed by atoms with E-state index in [9.17, 15) is 18.8 Å². The number of hydrogen-bond donors (Lipinski definition) is 2. The number of ether oxygens (including phenoxy) is 1. The molecule has 1 aliphatic rings. The van der Waals surface area contributed by atoms with Gasteiger partial charge in [-0.25, -0.2) is 4.39 Å². The third kappa shape index (κ3) is 5.10. The highest BCUT2D eigenvalue weighted by Gasteiger charge is 2.30. The second kappa shape index (κ2) is 8.88. The Bertz CT molecular complexity index is 888. The largest absolute Gasteiger partial charge is 0.453 e. The Morgan fingerprint density at radius 3 is 2.68 bits per heavy atom. The maximum atomic E-state index is 12.9. The van der Waals surface area contributed by atoms with E-state index in [-0.39, 0.29) is 24.7 Å². The van der Waals surface area contributed by atoms with Crippen LogP contribution in [0.4, 0.5) is 10.1 Å². The highest BCUT2D eigenvalue weighted by molar-refractivity contribution is 8.01. The molecule has 2 aromatic carbocycles. The minimum absolute atomic E-state index is 0.138. The summed E-state index contributed by atoms with van der Waals surface area (Å²) in [5, 5.41) is 4.77. The molecular weight excluding hydrogens is 383 g/mol. The Kier molecular flexibility index (Phi) is 6.30. The van der Waals surface area contributed by atoms with E-state index < -0.39 is 23.2 Å². The number of carbonyl (C=O) groups is 3. The third-order valence-corrected chi connectivity index (χ3v) is 5.39. The van der Waals surface area contributed by atoms with E-state index in [1.165, 1.54) is 30.8 Å². The summed E-state index contributed by atoms with van der Waals surface area (Å²) < 4.78 is 18.0. The first-order chi connectivity index (χ1) is 13.4. The summed E-state index contributed by atoms with van der Waals surface area (Å²) in [6.07, 6.45) is -1.14. The minimum atomic E-state index is -1.00. The number of carbonyl (C=O) groups excluding carboxylic acids is 3. The summed E-state index contributed by atoms with van der Waals surface area (Å²) in [5.41, 5.74) is 1.44. The number of nitrogens with one attached hydrogen (secondary N) is 2. The highest BCUT2D eigenvalue weighted by Crippen LogP contribution is 2.36. The lowest BCUT2D eigenvalue weighted by Gasteiger charge is -2.23. The fourth-order valence-corrected chi connectivity index (χ4v) is 3.71. The molecular formula is C20H19FN2O4S. The van der Waals surface area contributed by atoms with E-state index in [0.29, 0.717) is 0 Å². The van der Waals surface area contributed by atoms with Crippen LogP contribution < -0.4 is 10.6 Å². The number of fused-ring (bicyclic) bond motifs is 1. The van der Waals surface area contributed by atoms with Gasteiger partial charge in [0.05, 0.1) is 17.4 Å². The van der Waals surface area contributed by atoms with Crippen molar-refractivity contribution in [1.82, 2.24) is 5.32 Å². The topological polar surface area (TPSA) is 84.5 Å². The van der Waals surface area contributed by atoms with Crippen molar-refractivity contribution < 1.29 is 23.5 Å². The third-order valence-electron chi connectivity index (χ3n) is 4.12. The van der Waals surface area contributed by atoms with Gasteiger partial charge < -0.3 is 15.4 Å². The second-order valence-corrected chi connectivity index (χ2v) is 7.52. The molecule has 0 saturated heterocycles. The van der Waals surface area contributed by atoms with Crippen LogP contribution in [0.1, 0.15) is 18.9 Å². The molecule has 2 amide bonds. The average Bonchev–Trinajstić information content (AvgIpc) is 2.67. The molecule has 146 valence electrons. The Hall–Kier alpha value is -2.87. The fraction of sp³-hybridized carbons (Fsp3) is 0.250. The van der Waals surface area contributed by atoms with Gasteiger partial charge in [-0.15, -0.1) is 11.8 Å². The van der Waals surface area contributed by atoms with E-state index in [1.807, 2.05) is 18.2 Å². The van der Waals surface area contributed by atoms with Gasteiger partial charge in [0.2, 0.25) is 5.91 Å². The van der Waals surface area contributed by atoms with Crippen molar-refractivity contribution >= 4 is 35.2 Å². The van der Waals surface area contributed by atoms with Crippen molar-refractivity contribution in [1.29, 1.82) is 0 Å². The van der Waals surface area contributed by atoms with Gasteiger partial charge in [0.25, 0.3) is 5.91 Å². The lowest BCUT2D eigenvalue weighted by molar-refractivity contribution is -0.155. The molecule has 0 fully saturated rings. The predicted octanol–water partition coefficient (Wildman–Crippen LogP) is 2.88. The second-order valence-electron chi connectivity index (χ2n) is 6.27. The number of halogens is 1. The summed E-state index contributed by atoms with van der Waals surface area (Å²) in [4.78, 5) is 37.3. The number of benzene rings is 2. The van der Waals surface area contributed by atoms with Crippen LogP contribution in [0.25, 0.3) is 0 Å². The lowest BCUT2D eigenvalue weighted by atomic mass is 10.2. The smallest absolute Gasteiger partial charge is 0.308 e. The zero-order valence-corrected chi connectivity index (χ0v) is 15.9. The van der Waals surface area contributed by atoms with E-state index in [4.69, 9.17) is 4.74 Å². The van der Waals surface area contributed by atoms with Crippen LogP contribution in [0, 0.1) is 5.82 Å². The molecule has 3 rings (SSSR count). The first-order valence-electron chi connectivity index (χ1n) is 8.70. The fourth-order valence-electron chi connectivity index (χ4n) is 2.61. The lowest BCUT2D eigenvalue weighted by Crippen LogP contribution is -2.37. The number of esters is 1. The molecule has 2 N–H and O–H groups in total. The maximum absolute atomic E-state index is 12.9. The average molecular weight is 402 g/mol. The SMILES string of the molecule is C[C@@H](OC(=O)C[C@@H]1Sc2ccccc2NC1=O)C(=O)NCc1ccc(F)cc1. The van der Waals surface area contributed by atoms with E-state index in [1.54, 1.807) is 18.2 Å². The summed E-state index contributed by atoms with van der Waals surface area (Å²) in [6, 6.07) is 13.1. The molecule has 2 aromatic rings. The molecule has 0 saturated carbocycles. The first kappa shape index (κ1) is 19.9.